The zero-order valence-corrected chi connectivity index (χ0v) is 19.3. The van der Waals surface area contributed by atoms with Crippen LogP contribution in [0, 0.1) is 5.92 Å². The molecule has 3 rings (SSSR count). The second-order valence-corrected chi connectivity index (χ2v) is 9.08. The molecular formula is C26H38N2O2. The molecule has 1 aliphatic heterocycles. The largest absolute Gasteiger partial charge is 0.496 e. The Balaban J connectivity index is 1.70. The molecule has 0 bridgehead atoms. The van der Waals surface area contributed by atoms with E-state index < -0.39 is 0 Å². The molecule has 1 aliphatic rings. The predicted molar refractivity (Wildman–Crippen MR) is 126 cm³/mol. The third-order valence-corrected chi connectivity index (χ3v) is 6.49. The van der Waals surface area contributed by atoms with E-state index in [2.05, 4.69) is 86.7 Å². The average Bonchev–Trinajstić information content (AvgIpc) is 2.77. The highest BCUT2D eigenvalue weighted by molar-refractivity contribution is 5.46. The van der Waals surface area contributed by atoms with Crippen LogP contribution in [0.4, 0.5) is 5.69 Å². The van der Waals surface area contributed by atoms with Crippen LogP contribution in [0.5, 0.6) is 5.75 Å². The zero-order chi connectivity index (χ0) is 21.6. The van der Waals surface area contributed by atoms with Crippen molar-refractivity contribution in [3.8, 4) is 5.75 Å². The number of nitrogens with one attached hydrogen (secondary N) is 1. The number of nitrogens with zero attached hydrogens (tertiary/aromatic N) is 1. The number of hydrogen-bond donors (Lipinski definition) is 1. The van der Waals surface area contributed by atoms with Gasteiger partial charge in [0.1, 0.15) is 5.75 Å². The molecule has 2 aromatic rings. The summed E-state index contributed by atoms with van der Waals surface area (Å²) in [4.78, 5) is 2.13. The summed E-state index contributed by atoms with van der Waals surface area (Å²) in [5, 5.41) is 3.68. The van der Waals surface area contributed by atoms with Gasteiger partial charge in [0, 0.05) is 43.9 Å². The second kappa shape index (κ2) is 10.3. The molecule has 0 saturated carbocycles. The van der Waals surface area contributed by atoms with Gasteiger partial charge in [0.05, 0.1) is 13.2 Å². The number of rotatable bonds is 9. The van der Waals surface area contributed by atoms with Crippen LogP contribution in [-0.2, 0) is 16.7 Å². The molecule has 0 amide bonds. The van der Waals surface area contributed by atoms with E-state index in [4.69, 9.17) is 9.47 Å². The van der Waals surface area contributed by atoms with E-state index in [1.165, 1.54) is 16.8 Å². The molecule has 0 aliphatic carbocycles. The molecule has 0 radical (unpaired) electrons. The third kappa shape index (κ3) is 5.35. The van der Waals surface area contributed by atoms with Crippen LogP contribution in [0.25, 0.3) is 0 Å². The quantitative estimate of drug-likeness (QED) is 0.589. The van der Waals surface area contributed by atoms with Crippen LogP contribution in [0.15, 0.2) is 48.5 Å². The minimum absolute atomic E-state index is 0.0849. The first-order valence-electron chi connectivity index (χ1n) is 11.2. The highest BCUT2D eigenvalue weighted by Crippen LogP contribution is 2.45. The van der Waals surface area contributed by atoms with Crippen molar-refractivity contribution in [3.05, 3.63) is 59.7 Å². The molecule has 30 heavy (non-hydrogen) atoms. The molecule has 4 heteroatoms. The smallest absolute Gasteiger partial charge is 0.122 e. The molecule has 1 saturated heterocycles. The van der Waals surface area contributed by atoms with Crippen molar-refractivity contribution < 1.29 is 9.47 Å². The topological polar surface area (TPSA) is 33.7 Å². The van der Waals surface area contributed by atoms with Crippen LogP contribution in [0.1, 0.15) is 44.2 Å². The lowest BCUT2D eigenvalue weighted by Gasteiger charge is -2.43. The summed E-state index contributed by atoms with van der Waals surface area (Å²) >= 11 is 0. The molecule has 164 valence electrons. The van der Waals surface area contributed by atoms with Crippen LogP contribution in [-0.4, -0.2) is 40.5 Å². The van der Waals surface area contributed by atoms with E-state index in [-0.39, 0.29) is 5.41 Å². The van der Waals surface area contributed by atoms with Gasteiger partial charge in [-0.25, -0.2) is 0 Å². The number of benzene rings is 2. The van der Waals surface area contributed by atoms with Crippen molar-refractivity contribution in [1.82, 2.24) is 5.32 Å². The third-order valence-electron chi connectivity index (χ3n) is 6.49. The minimum Gasteiger partial charge on any atom is -0.496 e. The van der Waals surface area contributed by atoms with Gasteiger partial charge in [-0.05, 0) is 55.5 Å². The summed E-state index contributed by atoms with van der Waals surface area (Å²) in [5.74, 6) is 1.52. The van der Waals surface area contributed by atoms with Crippen LogP contribution < -0.4 is 15.0 Å². The molecule has 0 unspecified atom stereocenters. The van der Waals surface area contributed by atoms with Crippen LogP contribution >= 0.6 is 0 Å². The van der Waals surface area contributed by atoms with Crippen molar-refractivity contribution in [3.63, 3.8) is 0 Å². The van der Waals surface area contributed by atoms with E-state index in [9.17, 15) is 0 Å². The van der Waals surface area contributed by atoms with E-state index in [1.807, 2.05) is 0 Å². The molecule has 2 atom stereocenters. The van der Waals surface area contributed by atoms with E-state index in [1.54, 1.807) is 7.11 Å². The summed E-state index contributed by atoms with van der Waals surface area (Å²) in [6, 6.07) is 17.3. The summed E-state index contributed by atoms with van der Waals surface area (Å²) < 4.78 is 11.9. The standard InChI is InChI=1S/C26H38N2O2/c1-20(2)25-18-26(15-17-30-25,23-8-6-7-9-24(23)29-5)14-16-27-19-21-10-12-22(13-11-21)28(3)4/h6-13,20,25,27H,14-19H2,1-5H3/t25-,26-/m1/s1. The van der Waals surface area contributed by atoms with Gasteiger partial charge in [-0.15, -0.1) is 0 Å². The molecule has 1 fully saturated rings. The normalized spacial score (nSPS) is 21.6. The monoisotopic (exact) mass is 410 g/mol. The summed E-state index contributed by atoms with van der Waals surface area (Å²) in [7, 11) is 5.92. The lowest BCUT2D eigenvalue weighted by Crippen LogP contribution is -2.42. The SMILES string of the molecule is COc1ccccc1[C@]1(CCNCc2ccc(N(C)C)cc2)CCO[C@@H](C(C)C)C1. The maximum absolute atomic E-state index is 6.13. The molecule has 4 nitrogen and oxygen atoms in total. The van der Waals surface area contributed by atoms with Crippen molar-refractivity contribution in [2.45, 2.75) is 51.2 Å². The van der Waals surface area contributed by atoms with Gasteiger partial charge in [-0.2, -0.15) is 0 Å². The maximum atomic E-state index is 6.13. The zero-order valence-electron chi connectivity index (χ0n) is 19.3. The van der Waals surface area contributed by atoms with Crippen molar-refractivity contribution in [2.75, 3.05) is 39.3 Å². The van der Waals surface area contributed by atoms with Crippen molar-refractivity contribution >= 4 is 5.69 Å². The Labute approximate surface area is 182 Å². The Hall–Kier alpha value is -2.04. The van der Waals surface area contributed by atoms with E-state index in [0.717, 1.165) is 44.7 Å². The first kappa shape index (κ1) is 22.6. The van der Waals surface area contributed by atoms with Crippen LogP contribution in [0.2, 0.25) is 0 Å². The van der Waals surface area contributed by atoms with Crippen molar-refractivity contribution in [1.29, 1.82) is 0 Å². The fourth-order valence-electron chi connectivity index (χ4n) is 4.54. The first-order valence-corrected chi connectivity index (χ1v) is 11.2. The fraction of sp³-hybridized carbons (Fsp3) is 0.538. The Morgan fingerprint density at radius 1 is 1.13 bits per heavy atom. The Bertz CT molecular complexity index is 788. The van der Waals surface area contributed by atoms with Gasteiger partial charge < -0.3 is 19.7 Å². The second-order valence-electron chi connectivity index (χ2n) is 9.08. The number of anilines is 1. The molecule has 0 spiro atoms. The van der Waals surface area contributed by atoms with Gasteiger partial charge >= 0.3 is 0 Å². The number of ether oxygens (including phenoxy) is 2. The Morgan fingerprint density at radius 2 is 1.87 bits per heavy atom. The van der Waals surface area contributed by atoms with Crippen molar-refractivity contribution in [2.24, 2.45) is 5.92 Å². The minimum atomic E-state index is 0.0849. The molecular weight excluding hydrogens is 372 g/mol. The number of hydrogen-bond acceptors (Lipinski definition) is 4. The number of methoxy groups -OCH3 is 1. The van der Waals surface area contributed by atoms with E-state index >= 15 is 0 Å². The highest BCUT2D eigenvalue weighted by atomic mass is 16.5. The summed E-state index contributed by atoms with van der Waals surface area (Å²) in [6.07, 6.45) is 3.46. The summed E-state index contributed by atoms with van der Waals surface area (Å²) in [6.45, 7) is 7.20. The molecule has 1 N–H and O–H groups in total. The van der Waals surface area contributed by atoms with Gasteiger partial charge in [0.15, 0.2) is 0 Å². The van der Waals surface area contributed by atoms with Gasteiger partial charge in [0.25, 0.3) is 0 Å². The lowest BCUT2D eigenvalue weighted by molar-refractivity contribution is -0.0473. The van der Waals surface area contributed by atoms with Gasteiger partial charge in [0.2, 0.25) is 0 Å². The number of para-hydroxylation sites is 1. The van der Waals surface area contributed by atoms with E-state index in [0.29, 0.717) is 12.0 Å². The highest BCUT2D eigenvalue weighted by Gasteiger charge is 2.40. The van der Waals surface area contributed by atoms with Crippen LogP contribution in [0.3, 0.4) is 0 Å². The molecule has 0 aromatic heterocycles. The Kier molecular flexibility index (Phi) is 7.79. The molecule has 1 heterocycles. The average molecular weight is 411 g/mol. The van der Waals surface area contributed by atoms with Gasteiger partial charge in [-0.3, -0.25) is 0 Å². The molecule has 2 aromatic carbocycles. The summed E-state index contributed by atoms with van der Waals surface area (Å²) in [5.41, 5.74) is 3.97. The fourth-order valence-corrected chi connectivity index (χ4v) is 4.54. The Morgan fingerprint density at radius 3 is 2.53 bits per heavy atom. The van der Waals surface area contributed by atoms with Gasteiger partial charge in [-0.1, -0.05) is 44.2 Å². The first-order chi connectivity index (χ1) is 14.4. The predicted octanol–water partition coefficient (Wildman–Crippen LogP) is 5.01. The lowest BCUT2D eigenvalue weighted by atomic mass is 9.68. The maximum Gasteiger partial charge on any atom is 0.122 e.